The fraction of sp³-hybridized carbons (Fsp3) is 0.333. The van der Waals surface area contributed by atoms with Crippen molar-refractivity contribution in [3.63, 3.8) is 0 Å². The quantitative estimate of drug-likeness (QED) is 0.518. The van der Waals surface area contributed by atoms with Crippen LogP contribution in [0.25, 0.3) is 6.08 Å². The molecule has 0 saturated carbocycles. The molecular weight excluding hydrogens is 259 g/mol. The number of allylic oxidation sites excluding steroid dienone is 3. The monoisotopic (exact) mass is 280 g/mol. The first-order valence-corrected chi connectivity index (χ1v) is 8.19. The molecule has 0 spiro atoms. The molecular formula is C15H21O3P. The summed E-state index contributed by atoms with van der Waals surface area (Å²) in [5.41, 5.74) is 1.13. The van der Waals surface area contributed by atoms with Crippen LogP contribution >= 0.6 is 7.60 Å². The third-order valence-corrected chi connectivity index (χ3v) is 4.28. The van der Waals surface area contributed by atoms with Crippen LogP contribution < -0.4 is 0 Å². The Labute approximate surface area is 115 Å². The van der Waals surface area contributed by atoms with Gasteiger partial charge in [0, 0.05) is 0 Å². The minimum Gasteiger partial charge on any atom is -0.309 e. The van der Waals surface area contributed by atoms with E-state index in [1.165, 1.54) is 0 Å². The summed E-state index contributed by atoms with van der Waals surface area (Å²) in [6.45, 7) is 4.41. The normalized spacial score (nSPS) is 12.5. The number of benzene rings is 1. The van der Waals surface area contributed by atoms with Crippen molar-refractivity contribution < 1.29 is 13.6 Å². The van der Waals surface area contributed by atoms with E-state index in [9.17, 15) is 4.57 Å². The van der Waals surface area contributed by atoms with Crippen LogP contribution in [-0.4, -0.2) is 19.4 Å². The van der Waals surface area contributed by atoms with Crippen LogP contribution in [0.15, 0.2) is 48.6 Å². The molecule has 0 aliphatic heterocycles. The maximum atomic E-state index is 12.1. The molecule has 0 aliphatic rings. The Morgan fingerprint density at radius 2 is 1.68 bits per heavy atom. The molecule has 1 aromatic rings. The first-order valence-electron chi connectivity index (χ1n) is 6.46. The van der Waals surface area contributed by atoms with Crippen LogP contribution in [0.5, 0.6) is 0 Å². The summed E-state index contributed by atoms with van der Waals surface area (Å²) in [6.07, 6.45) is 7.87. The smallest absolute Gasteiger partial charge is 0.309 e. The molecule has 0 N–H and O–H groups in total. The Balaban J connectivity index is 2.48. The molecule has 0 heterocycles. The van der Waals surface area contributed by atoms with Crippen molar-refractivity contribution in [3.05, 3.63) is 54.1 Å². The van der Waals surface area contributed by atoms with Crippen molar-refractivity contribution >= 4 is 13.7 Å². The van der Waals surface area contributed by atoms with E-state index in [1.807, 2.05) is 68.5 Å². The summed E-state index contributed by atoms with van der Waals surface area (Å²) >= 11 is 0. The largest absolute Gasteiger partial charge is 0.334 e. The number of hydrogen-bond acceptors (Lipinski definition) is 3. The van der Waals surface area contributed by atoms with Crippen LogP contribution in [0.1, 0.15) is 19.4 Å². The second-order valence-electron chi connectivity index (χ2n) is 3.83. The lowest BCUT2D eigenvalue weighted by Crippen LogP contribution is -1.98. The molecule has 0 saturated heterocycles. The lowest BCUT2D eigenvalue weighted by atomic mass is 10.2. The minimum atomic E-state index is -2.95. The maximum Gasteiger partial charge on any atom is 0.334 e. The first-order chi connectivity index (χ1) is 9.20. The average molecular weight is 280 g/mol. The highest BCUT2D eigenvalue weighted by Gasteiger charge is 2.20. The Morgan fingerprint density at radius 1 is 1.05 bits per heavy atom. The van der Waals surface area contributed by atoms with Gasteiger partial charge in [0.15, 0.2) is 0 Å². The molecule has 0 atom stereocenters. The van der Waals surface area contributed by atoms with Crippen LogP contribution in [0.4, 0.5) is 0 Å². The summed E-state index contributed by atoms with van der Waals surface area (Å²) in [4.78, 5) is 0. The molecule has 1 aromatic carbocycles. The van der Waals surface area contributed by atoms with Crippen molar-refractivity contribution in [1.82, 2.24) is 0 Å². The average Bonchev–Trinajstić information content (AvgIpc) is 2.40. The molecule has 0 fully saturated rings. The molecule has 3 nitrogen and oxygen atoms in total. The van der Waals surface area contributed by atoms with Gasteiger partial charge in [-0.3, -0.25) is 4.57 Å². The molecule has 1 rings (SSSR count). The second-order valence-corrected chi connectivity index (χ2v) is 5.93. The van der Waals surface area contributed by atoms with Gasteiger partial charge in [-0.15, -0.1) is 0 Å². The lowest BCUT2D eigenvalue weighted by molar-refractivity contribution is 0.222. The summed E-state index contributed by atoms with van der Waals surface area (Å²) in [5.74, 6) is 0. The van der Waals surface area contributed by atoms with E-state index in [-0.39, 0.29) is 0 Å². The third kappa shape index (κ3) is 6.53. The molecule has 0 bridgehead atoms. The van der Waals surface area contributed by atoms with Crippen LogP contribution in [-0.2, 0) is 13.6 Å². The minimum absolute atomic E-state index is 0.299. The van der Waals surface area contributed by atoms with Crippen LogP contribution in [0.2, 0.25) is 0 Å². The standard InChI is InChI=1S/C15H21O3P/c1-3-17-19(16,18-4-2)14-10-6-9-13-15-11-7-5-8-12-15/h5-13H,3-4,14H2,1-2H3. The van der Waals surface area contributed by atoms with E-state index in [2.05, 4.69) is 0 Å². The zero-order valence-electron chi connectivity index (χ0n) is 11.5. The maximum absolute atomic E-state index is 12.1. The molecule has 0 aromatic heterocycles. The van der Waals surface area contributed by atoms with Gasteiger partial charge in [-0.05, 0) is 19.4 Å². The predicted octanol–water partition coefficient (Wildman–Crippen LogP) is 4.52. The van der Waals surface area contributed by atoms with E-state index >= 15 is 0 Å². The van der Waals surface area contributed by atoms with Crippen molar-refractivity contribution in [1.29, 1.82) is 0 Å². The van der Waals surface area contributed by atoms with Gasteiger partial charge in [0.05, 0.1) is 19.4 Å². The fourth-order valence-corrected chi connectivity index (χ4v) is 2.99. The lowest BCUT2D eigenvalue weighted by Gasteiger charge is -2.14. The topological polar surface area (TPSA) is 35.5 Å². The Morgan fingerprint density at radius 3 is 2.26 bits per heavy atom. The van der Waals surface area contributed by atoms with Gasteiger partial charge < -0.3 is 9.05 Å². The zero-order valence-corrected chi connectivity index (χ0v) is 12.4. The highest BCUT2D eigenvalue weighted by Crippen LogP contribution is 2.47. The number of hydrogen-bond donors (Lipinski definition) is 0. The number of rotatable bonds is 8. The van der Waals surface area contributed by atoms with E-state index in [0.717, 1.165) is 5.56 Å². The van der Waals surface area contributed by atoms with Crippen molar-refractivity contribution in [2.75, 3.05) is 19.4 Å². The van der Waals surface area contributed by atoms with Crippen molar-refractivity contribution in [2.24, 2.45) is 0 Å². The Hall–Kier alpha value is -1.15. The van der Waals surface area contributed by atoms with Gasteiger partial charge in [-0.25, -0.2) is 0 Å². The van der Waals surface area contributed by atoms with E-state index in [0.29, 0.717) is 19.4 Å². The van der Waals surface area contributed by atoms with Crippen molar-refractivity contribution in [2.45, 2.75) is 13.8 Å². The summed E-state index contributed by atoms with van der Waals surface area (Å²) in [7, 11) is -2.95. The molecule has 19 heavy (non-hydrogen) atoms. The van der Waals surface area contributed by atoms with Gasteiger partial charge in [-0.1, -0.05) is 54.6 Å². The highest BCUT2D eigenvalue weighted by molar-refractivity contribution is 7.54. The molecule has 0 amide bonds. The molecule has 104 valence electrons. The second kappa shape index (κ2) is 8.87. The van der Waals surface area contributed by atoms with Gasteiger partial charge in [0.1, 0.15) is 0 Å². The van der Waals surface area contributed by atoms with E-state index in [4.69, 9.17) is 9.05 Å². The SMILES string of the molecule is CCOP(=O)(CC=CC=Cc1ccccc1)OCC. The summed E-state index contributed by atoms with van der Waals surface area (Å²) in [6, 6.07) is 10.0. The Bertz CT molecular complexity index is 442. The Kier molecular flexibility index (Phi) is 7.42. The van der Waals surface area contributed by atoms with Gasteiger partial charge >= 0.3 is 7.60 Å². The van der Waals surface area contributed by atoms with Gasteiger partial charge in [0.2, 0.25) is 0 Å². The fourth-order valence-electron chi connectivity index (χ4n) is 1.54. The summed E-state index contributed by atoms with van der Waals surface area (Å²) < 4.78 is 22.5. The van der Waals surface area contributed by atoms with E-state index in [1.54, 1.807) is 0 Å². The van der Waals surface area contributed by atoms with Crippen molar-refractivity contribution in [3.8, 4) is 0 Å². The summed E-state index contributed by atoms with van der Waals surface area (Å²) in [5, 5.41) is 0. The van der Waals surface area contributed by atoms with E-state index < -0.39 is 7.60 Å². The van der Waals surface area contributed by atoms with Gasteiger partial charge in [-0.2, -0.15) is 0 Å². The molecule has 0 unspecified atom stereocenters. The molecule has 4 heteroatoms. The third-order valence-electron chi connectivity index (χ3n) is 2.32. The molecule has 0 radical (unpaired) electrons. The van der Waals surface area contributed by atoms with Crippen LogP contribution in [0, 0.1) is 0 Å². The van der Waals surface area contributed by atoms with Crippen LogP contribution in [0.3, 0.4) is 0 Å². The highest BCUT2D eigenvalue weighted by atomic mass is 31.2. The first kappa shape index (κ1) is 15.9. The zero-order chi connectivity index (χ0) is 14.0. The molecule has 0 aliphatic carbocycles. The predicted molar refractivity (Wildman–Crippen MR) is 80.3 cm³/mol. The van der Waals surface area contributed by atoms with Gasteiger partial charge in [0.25, 0.3) is 0 Å².